The zero-order valence-corrected chi connectivity index (χ0v) is 13.5. The van der Waals surface area contributed by atoms with Crippen LogP contribution >= 0.6 is 0 Å². The summed E-state index contributed by atoms with van der Waals surface area (Å²) in [7, 11) is 1.84. The normalized spacial score (nSPS) is 18.3. The van der Waals surface area contributed by atoms with E-state index in [1.807, 2.05) is 7.05 Å². The number of benzene rings is 1. The van der Waals surface area contributed by atoms with Crippen LogP contribution in [-0.4, -0.2) is 35.3 Å². The van der Waals surface area contributed by atoms with Crippen LogP contribution in [-0.2, 0) is 11.8 Å². The molecule has 1 aromatic heterocycles. The van der Waals surface area contributed by atoms with Crippen molar-refractivity contribution in [1.82, 2.24) is 20.2 Å². The molecule has 1 saturated heterocycles. The molecule has 0 unspecified atom stereocenters. The maximum absolute atomic E-state index is 13.6. The Hall–Kier alpha value is -2.41. The molecule has 0 aliphatic carbocycles. The smallest absolute Gasteiger partial charge is 0.315 e. The molecule has 0 radical (unpaired) electrons. The highest BCUT2D eigenvalue weighted by molar-refractivity contribution is 5.74. The van der Waals surface area contributed by atoms with Crippen molar-refractivity contribution in [2.24, 2.45) is 13.0 Å². The Labute approximate surface area is 140 Å². The first-order valence-corrected chi connectivity index (χ1v) is 7.98. The molecule has 0 saturated carbocycles. The van der Waals surface area contributed by atoms with E-state index in [0.717, 1.165) is 13.0 Å². The molecule has 1 aliphatic heterocycles. The lowest BCUT2D eigenvalue weighted by atomic mass is 10.1. The maximum atomic E-state index is 13.6. The number of halogens is 1. The molecular weight excluding hydrogens is 311 g/mol. The zero-order valence-electron chi connectivity index (χ0n) is 13.5. The minimum absolute atomic E-state index is 0.306. The first-order chi connectivity index (χ1) is 11.6. The number of hydrogen-bond donors (Lipinski definition) is 2. The van der Waals surface area contributed by atoms with Crippen LogP contribution in [0.3, 0.4) is 0 Å². The number of hydrogen-bond acceptors (Lipinski definition) is 3. The summed E-state index contributed by atoms with van der Waals surface area (Å²) in [6.07, 6.45) is 4.39. The predicted molar refractivity (Wildman–Crippen MR) is 86.9 cm³/mol. The molecule has 2 aromatic rings. The van der Waals surface area contributed by atoms with Gasteiger partial charge in [0.2, 0.25) is 0 Å². The second-order valence-corrected chi connectivity index (χ2v) is 5.97. The number of aromatic nitrogens is 2. The fraction of sp³-hybridized carbons (Fsp3) is 0.412. The minimum Gasteiger partial charge on any atom is -0.381 e. The van der Waals surface area contributed by atoms with E-state index in [1.165, 1.54) is 12.1 Å². The number of carbonyl (C=O) groups is 1. The van der Waals surface area contributed by atoms with E-state index in [1.54, 1.807) is 29.1 Å². The third-order valence-electron chi connectivity index (χ3n) is 4.15. The fourth-order valence-electron chi connectivity index (χ4n) is 2.80. The Morgan fingerprint density at radius 2 is 2.42 bits per heavy atom. The van der Waals surface area contributed by atoms with E-state index >= 15 is 0 Å². The van der Waals surface area contributed by atoms with E-state index in [0.29, 0.717) is 30.5 Å². The van der Waals surface area contributed by atoms with E-state index in [-0.39, 0.29) is 11.8 Å². The summed E-state index contributed by atoms with van der Waals surface area (Å²) in [5.74, 6) is 0.633. The first-order valence-electron chi connectivity index (χ1n) is 7.98. The molecule has 3 rings (SSSR count). The van der Waals surface area contributed by atoms with E-state index < -0.39 is 6.04 Å². The highest BCUT2D eigenvalue weighted by Gasteiger charge is 2.22. The van der Waals surface area contributed by atoms with Gasteiger partial charge in [-0.25, -0.2) is 14.2 Å². The number of imidazole rings is 1. The van der Waals surface area contributed by atoms with Gasteiger partial charge >= 0.3 is 6.03 Å². The van der Waals surface area contributed by atoms with Crippen LogP contribution in [0.5, 0.6) is 0 Å². The predicted octanol–water partition coefficient (Wildman–Crippen LogP) is 1.98. The van der Waals surface area contributed by atoms with Crippen LogP contribution in [0.4, 0.5) is 9.18 Å². The van der Waals surface area contributed by atoms with Crippen molar-refractivity contribution in [3.63, 3.8) is 0 Å². The van der Waals surface area contributed by atoms with Crippen LogP contribution in [0.15, 0.2) is 36.7 Å². The van der Waals surface area contributed by atoms with Gasteiger partial charge in [-0.2, -0.15) is 0 Å². The van der Waals surface area contributed by atoms with Gasteiger partial charge in [0.1, 0.15) is 17.7 Å². The average molecular weight is 332 g/mol. The molecule has 2 atom stereocenters. The van der Waals surface area contributed by atoms with E-state index in [2.05, 4.69) is 15.6 Å². The SMILES string of the molecule is Cn1ccnc1[C@@H](NC(=O)NC[C@@H]1CCOC1)c1cccc(F)c1. The van der Waals surface area contributed by atoms with Crippen LogP contribution in [0.1, 0.15) is 23.9 Å². The first kappa shape index (κ1) is 16.4. The van der Waals surface area contributed by atoms with Gasteiger partial charge < -0.3 is 19.9 Å². The Kier molecular flexibility index (Phi) is 5.10. The molecule has 2 N–H and O–H groups in total. The summed E-state index contributed by atoms with van der Waals surface area (Å²) in [6.45, 7) is 1.97. The number of urea groups is 1. The summed E-state index contributed by atoms with van der Waals surface area (Å²) in [4.78, 5) is 16.6. The minimum atomic E-state index is -0.527. The fourth-order valence-corrected chi connectivity index (χ4v) is 2.80. The highest BCUT2D eigenvalue weighted by atomic mass is 19.1. The van der Waals surface area contributed by atoms with E-state index in [9.17, 15) is 9.18 Å². The lowest BCUT2D eigenvalue weighted by Crippen LogP contribution is -2.41. The third kappa shape index (κ3) is 3.91. The maximum Gasteiger partial charge on any atom is 0.315 e. The molecule has 128 valence electrons. The molecule has 0 spiro atoms. The zero-order chi connectivity index (χ0) is 16.9. The molecule has 1 aliphatic rings. The second kappa shape index (κ2) is 7.44. The Bertz CT molecular complexity index is 697. The van der Waals surface area contributed by atoms with Crippen LogP contribution in [0, 0.1) is 11.7 Å². The molecule has 0 bridgehead atoms. The van der Waals surface area contributed by atoms with Gasteiger partial charge in [0.15, 0.2) is 0 Å². The Balaban J connectivity index is 1.72. The molecule has 7 heteroatoms. The third-order valence-corrected chi connectivity index (χ3v) is 4.15. The molecule has 1 aromatic carbocycles. The quantitative estimate of drug-likeness (QED) is 0.880. The average Bonchev–Trinajstić information content (AvgIpc) is 3.22. The molecule has 2 amide bonds. The lowest BCUT2D eigenvalue weighted by molar-refractivity contribution is 0.185. The Morgan fingerprint density at radius 3 is 3.08 bits per heavy atom. The Morgan fingerprint density at radius 1 is 1.54 bits per heavy atom. The van der Waals surface area contributed by atoms with Crippen molar-refractivity contribution >= 4 is 6.03 Å². The van der Waals surface area contributed by atoms with Gasteiger partial charge in [-0.3, -0.25) is 0 Å². The largest absolute Gasteiger partial charge is 0.381 e. The number of carbonyl (C=O) groups excluding carboxylic acids is 1. The van der Waals surface area contributed by atoms with Crippen molar-refractivity contribution in [3.8, 4) is 0 Å². The standard InChI is InChI=1S/C17H21FN4O2/c1-22-7-6-19-16(22)15(13-3-2-4-14(18)9-13)21-17(23)20-10-12-5-8-24-11-12/h2-4,6-7,9,12,15H,5,8,10-11H2,1H3,(H2,20,21,23)/t12-,15-/m0/s1. The molecule has 6 nitrogen and oxygen atoms in total. The summed E-state index contributed by atoms with van der Waals surface area (Å²) >= 11 is 0. The number of nitrogens with zero attached hydrogens (tertiary/aromatic N) is 2. The monoisotopic (exact) mass is 332 g/mol. The summed E-state index contributed by atoms with van der Waals surface area (Å²) < 4.78 is 20.7. The molecule has 2 heterocycles. The van der Waals surface area contributed by atoms with Gasteiger partial charge in [-0.05, 0) is 24.1 Å². The number of ether oxygens (including phenoxy) is 1. The van der Waals surface area contributed by atoms with Crippen molar-refractivity contribution in [2.75, 3.05) is 19.8 Å². The number of nitrogens with one attached hydrogen (secondary N) is 2. The lowest BCUT2D eigenvalue weighted by Gasteiger charge is -2.20. The topological polar surface area (TPSA) is 68.2 Å². The summed E-state index contributed by atoms with van der Waals surface area (Å²) in [6, 6.07) is 5.34. The van der Waals surface area contributed by atoms with Gasteiger partial charge in [-0.15, -0.1) is 0 Å². The van der Waals surface area contributed by atoms with Gasteiger partial charge in [0.25, 0.3) is 0 Å². The van der Waals surface area contributed by atoms with Gasteiger partial charge in [0, 0.05) is 38.5 Å². The van der Waals surface area contributed by atoms with Crippen LogP contribution in [0.25, 0.3) is 0 Å². The number of amides is 2. The second-order valence-electron chi connectivity index (χ2n) is 5.97. The van der Waals surface area contributed by atoms with Gasteiger partial charge in [-0.1, -0.05) is 12.1 Å². The summed E-state index contributed by atoms with van der Waals surface area (Å²) in [5, 5.41) is 5.75. The highest BCUT2D eigenvalue weighted by Crippen LogP contribution is 2.21. The molecule has 1 fully saturated rings. The molecule has 24 heavy (non-hydrogen) atoms. The summed E-state index contributed by atoms with van der Waals surface area (Å²) in [5.41, 5.74) is 0.642. The van der Waals surface area contributed by atoms with Crippen molar-refractivity contribution in [2.45, 2.75) is 12.5 Å². The van der Waals surface area contributed by atoms with Crippen LogP contribution < -0.4 is 10.6 Å². The van der Waals surface area contributed by atoms with Crippen molar-refractivity contribution < 1.29 is 13.9 Å². The van der Waals surface area contributed by atoms with E-state index in [4.69, 9.17) is 4.74 Å². The number of aryl methyl sites for hydroxylation is 1. The molecular formula is C17H21FN4O2. The van der Waals surface area contributed by atoms with Gasteiger partial charge in [0.05, 0.1) is 6.61 Å². The van der Waals surface area contributed by atoms with Crippen LogP contribution in [0.2, 0.25) is 0 Å². The van der Waals surface area contributed by atoms with Crippen molar-refractivity contribution in [1.29, 1.82) is 0 Å². The number of rotatable bonds is 5. The van der Waals surface area contributed by atoms with Crippen molar-refractivity contribution in [3.05, 3.63) is 53.9 Å².